The van der Waals surface area contributed by atoms with Gasteiger partial charge < -0.3 is 5.73 Å². The maximum absolute atomic E-state index is 6.01. The number of benzene rings is 1. The first-order chi connectivity index (χ1) is 9.08. The highest BCUT2D eigenvalue weighted by Crippen LogP contribution is 2.22. The minimum atomic E-state index is 0.489. The predicted octanol–water partition coefficient (Wildman–Crippen LogP) is 3.49. The fraction of sp³-hybridized carbons (Fsp3) is 0.647. The van der Waals surface area contributed by atoms with Crippen molar-refractivity contribution >= 4 is 0 Å². The van der Waals surface area contributed by atoms with Gasteiger partial charge in [-0.2, -0.15) is 0 Å². The zero-order valence-electron chi connectivity index (χ0n) is 13.0. The second-order valence-electron chi connectivity index (χ2n) is 5.92. The molecule has 2 nitrogen and oxygen atoms in total. The van der Waals surface area contributed by atoms with Gasteiger partial charge in [-0.05, 0) is 30.4 Å². The average molecular weight is 262 g/mol. The van der Waals surface area contributed by atoms with Gasteiger partial charge in [0.15, 0.2) is 0 Å². The average Bonchev–Trinajstić information content (AvgIpc) is 2.43. The molecule has 0 saturated carbocycles. The molecule has 0 fully saturated rings. The van der Waals surface area contributed by atoms with Crippen LogP contribution >= 0.6 is 0 Å². The fourth-order valence-corrected chi connectivity index (χ4v) is 2.73. The van der Waals surface area contributed by atoms with E-state index in [1.54, 1.807) is 0 Å². The summed E-state index contributed by atoms with van der Waals surface area (Å²) in [5.74, 6) is 1.26. The van der Waals surface area contributed by atoms with Crippen LogP contribution in [0, 0.1) is 5.92 Å². The lowest BCUT2D eigenvalue weighted by Crippen LogP contribution is -2.43. The van der Waals surface area contributed by atoms with Crippen LogP contribution < -0.4 is 5.73 Å². The second-order valence-corrected chi connectivity index (χ2v) is 5.92. The summed E-state index contributed by atoms with van der Waals surface area (Å²) in [5, 5.41) is 0. The molecule has 2 heteroatoms. The number of likely N-dealkylation sites (N-methyl/N-ethyl adjacent to an activating group) is 1. The summed E-state index contributed by atoms with van der Waals surface area (Å²) < 4.78 is 0. The van der Waals surface area contributed by atoms with Crippen LogP contribution in [0.3, 0.4) is 0 Å². The Morgan fingerprint density at radius 2 is 1.74 bits per heavy atom. The van der Waals surface area contributed by atoms with Crippen LogP contribution in [0.4, 0.5) is 0 Å². The highest BCUT2D eigenvalue weighted by Gasteiger charge is 2.19. The van der Waals surface area contributed by atoms with Gasteiger partial charge in [-0.1, -0.05) is 58.0 Å². The lowest BCUT2D eigenvalue weighted by atomic mass is 9.93. The SMILES string of the molecule is CCN(CC(C)C)C(CN)CC(C)c1ccccc1. The van der Waals surface area contributed by atoms with E-state index in [-0.39, 0.29) is 0 Å². The molecule has 19 heavy (non-hydrogen) atoms. The van der Waals surface area contributed by atoms with Gasteiger partial charge in [0, 0.05) is 19.1 Å². The number of hydrogen-bond donors (Lipinski definition) is 1. The number of nitrogens with two attached hydrogens (primary N) is 1. The van der Waals surface area contributed by atoms with Crippen LogP contribution in [0.1, 0.15) is 45.6 Å². The lowest BCUT2D eigenvalue weighted by molar-refractivity contribution is 0.174. The van der Waals surface area contributed by atoms with E-state index in [0.29, 0.717) is 17.9 Å². The Balaban J connectivity index is 2.64. The van der Waals surface area contributed by atoms with Crippen molar-refractivity contribution in [3.63, 3.8) is 0 Å². The first-order valence-electron chi connectivity index (χ1n) is 7.57. The van der Waals surface area contributed by atoms with Crippen molar-refractivity contribution in [2.24, 2.45) is 11.7 Å². The van der Waals surface area contributed by atoms with E-state index >= 15 is 0 Å². The predicted molar refractivity (Wildman–Crippen MR) is 84.4 cm³/mol. The van der Waals surface area contributed by atoms with Crippen LogP contribution in [0.25, 0.3) is 0 Å². The van der Waals surface area contributed by atoms with E-state index in [9.17, 15) is 0 Å². The Morgan fingerprint density at radius 1 is 1.11 bits per heavy atom. The normalized spacial score (nSPS) is 14.9. The van der Waals surface area contributed by atoms with Gasteiger partial charge in [0.25, 0.3) is 0 Å². The zero-order chi connectivity index (χ0) is 14.3. The maximum atomic E-state index is 6.01. The largest absolute Gasteiger partial charge is 0.329 e. The molecule has 0 radical (unpaired) electrons. The summed E-state index contributed by atoms with van der Waals surface area (Å²) >= 11 is 0. The Kier molecular flexibility index (Phi) is 7.11. The van der Waals surface area contributed by atoms with Crippen molar-refractivity contribution < 1.29 is 0 Å². The minimum absolute atomic E-state index is 0.489. The van der Waals surface area contributed by atoms with Gasteiger partial charge in [-0.3, -0.25) is 4.90 Å². The molecule has 0 aromatic heterocycles. The van der Waals surface area contributed by atoms with E-state index in [2.05, 4.69) is 62.9 Å². The van der Waals surface area contributed by atoms with Crippen LogP contribution in [-0.2, 0) is 0 Å². The van der Waals surface area contributed by atoms with E-state index < -0.39 is 0 Å². The molecular weight excluding hydrogens is 232 g/mol. The molecule has 0 bridgehead atoms. The zero-order valence-corrected chi connectivity index (χ0v) is 13.0. The Hall–Kier alpha value is -0.860. The number of rotatable bonds is 8. The first kappa shape index (κ1) is 16.2. The van der Waals surface area contributed by atoms with E-state index in [1.165, 1.54) is 5.56 Å². The van der Waals surface area contributed by atoms with Crippen LogP contribution in [-0.4, -0.2) is 30.6 Å². The maximum Gasteiger partial charge on any atom is 0.0224 e. The van der Waals surface area contributed by atoms with Crippen molar-refractivity contribution in [1.82, 2.24) is 4.90 Å². The summed E-state index contributed by atoms with van der Waals surface area (Å²) in [6, 6.07) is 11.2. The molecular formula is C17H30N2. The molecule has 1 aromatic carbocycles. The third kappa shape index (κ3) is 5.33. The van der Waals surface area contributed by atoms with Crippen molar-refractivity contribution in [3.05, 3.63) is 35.9 Å². The number of nitrogens with zero attached hydrogens (tertiary/aromatic N) is 1. The first-order valence-corrected chi connectivity index (χ1v) is 7.57. The highest BCUT2D eigenvalue weighted by molar-refractivity contribution is 5.18. The second kappa shape index (κ2) is 8.34. The molecule has 0 spiro atoms. The molecule has 1 rings (SSSR count). The Bertz CT molecular complexity index is 334. The lowest BCUT2D eigenvalue weighted by Gasteiger charge is -2.33. The molecule has 2 N–H and O–H groups in total. The smallest absolute Gasteiger partial charge is 0.0224 e. The highest BCUT2D eigenvalue weighted by atomic mass is 15.2. The van der Waals surface area contributed by atoms with Crippen molar-refractivity contribution in [2.75, 3.05) is 19.6 Å². The van der Waals surface area contributed by atoms with Gasteiger partial charge in [-0.15, -0.1) is 0 Å². The van der Waals surface area contributed by atoms with Crippen LogP contribution in [0.5, 0.6) is 0 Å². The van der Waals surface area contributed by atoms with Crippen molar-refractivity contribution in [2.45, 2.75) is 46.1 Å². The molecule has 108 valence electrons. The quantitative estimate of drug-likeness (QED) is 0.777. The third-order valence-electron chi connectivity index (χ3n) is 3.79. The fourth-order valence-electron chi connectivity index (χ4n) is 2.73. The molecule has 1 aromatic rings. The van der Waals surface area contributed by atoms with Gasteiger partial charge in [0.1, 0.15) is 0 Å². The van der Waals surface area contributed by atoms with Gasteiger partial charge in [-0.25, -0.2) is 0 Å². The third-order valence-corrected chi connectivity index (χ3v) is 3.79. The molecule has 0 aliphatic rings. The summed E-state index contributed by atoms with van der Waals surface area (Å²) in [7, 11) is 0. The molecule has 0 saturated heterocycles. The molecule has 0 amide bonds. The van der Waals surface area contributed by atoms with E-state index in [4.69, 9.17) is 5.73 Å². The standard InChI is InChI=1S/C17H30N2/c1-5-19(13-14(2)3)17(12-18)11-15(4)16-9-7-6-8-10-16/h6-10,14-15,17H,5,11-13,18H2,1-4H3. The van der Waals surface area contributed by atoms with E-state index in [1.807, 2.05) is 0 Å². The molecule has 0 aliphatic carbocycles. The minimum Gasteiger partial charge on any atom is -0.329 e. The topological polar surface area (TPSA) is 29.3 Å². The number of hydrogen-bond acceptors (Lipinski definition) is 2. The van der Waals surface area contributed by atoms with Gasteiger partial charge in [0.05, 0.1) is 0 Å². The van der Waals surface area contributed by atoms with Crippen molar-refractivity contribution in [1.29, 1.82) is 0 Å². The molecule has 0 heterocycles. The summed E-state index contributed by atoms with van der Waals surface area (Å²) in [4.78, 5) is 2.53. The summed E-state index contributed by atoms with van der Waals surface area (Å²) in [6.07, 6.45) is 1.14. The molecule has 2 unspecified atom stereocenters. The summed E-state index contributed by atoms with van der Waals surface area (Å²) in [6.45, 7) is 12.1. The Morgan fingerprint density at radius 3 is 2.21 bits per heavy atom. The summed E-state index contributed by atoms with van der Waals surface area (Å²) in [5.41, 5.74) is 7.43. The Labute approximate surface area is 119 Å². The molecule has 2 atom stereocenters. The van der Waals surface area contributed by atoms with Gasteiger partial charge >= 0.3 is 0 Å². The van der Waals surface area contributed by atoms with Crippen LogP contribution in [0.15, 0.2) is 30.3 Å². The van der Waals surface area contributed by atoms with Gasteiger partial charge in [0.2, 0.25) is 0 Å². The van der Waals surface area contributed by atoms with Crippen molar-refractivity contribution in [3.8, 4) is 0 Å². The monoisotopic (exact) mass is 262 g/mol. The van der Waals surface area contributed by atoms with E-state index in [0.717, 1.165) is 26.1 Å². The van der Waals surface area contributed by atoms with Crippen LogP contribution in [0.2, 0.25) is 0 Å². The molecule has 0 aliphatic heterocycles.